The minimum atomic E-state index is -0.500. The molecule has 1 fully saturated rings. The molecule has 1 heterocycles. The summed E-state index contributed by atoms with van der Waals surface area (Å²) in [5.41, 5.74) is 6.27. The van der Waals surface area contributed by atoms with E-state index in [9.17, 15) is 9.59 Å². The number of ether oxygens (including phenoxy) is 2. The molecule has 2 amide bonds. The number of para-hydroxylation sites is 1. The average molecular weight is 354 g/mol. The number of carbonyl (C=O) groups is 2. The van der Waals surface area contributed by atoms with E-state index in [1.807, 2.05) is 54.6 Å². The number of nitrogens with zero attached hydrogens (tertiary/aromatic N) is 1. The summed E-state index contributed by atoms with van der Waals surface area (Å²) in [7, 11) is 0. The van der Waals surface area contributed by atoms with Gasteiger partial charge < -0.3 is 20.1 Å². The molecular formula is C20H22N2O4. The Kier molecular flexibility index (Phi) is 5.86. The Bertz CT molecular complexity index is 746. The summed E-state index contributed by atoms with van der Waals surface area (Å²) in [6, 6.07) is 16.5. The predicted molar refractivity (Wildman–Crippen MR) is 96.5 cm³/mol. The van der Waals surface area contributed by atoms with Crippen molar-refractivity contribution in [3.8, 4) is 11.5 Å². The smallest absolute Gasteiger partial charge is 0.249 e. The van der Waals surface area contributed by atoms with E-state index in [1.165, 1.54) is 4.90 Å². The predicted octanol–water partition coefficient (Wildman–Crippen LogP) is 2.47. The zero-order chi connectivity index (χ0) is 18.4. The van der Waals surface area contributed by atoms with Gasteiger partial charge in [-0.15, -0.1) is 0 Å². The summed E-state index contributed by atoms with van der Waals surface area (Å²) in [5, 5.41) is 0. The van der Waals surface area contributed by atoms with E-state index >= 15 is 0 Å². The highest BCUT2D eigenvalue weighted by atomic mass is 16.5. The molecule has 1 atom stereocenters. The van der Waals surface area contributed by atoms with Gasteiger partial charge in [0.1, 0.15) is 24.1 Å². The fourth-order valence-corrected chi connectivity index (χ4v) is 2.98. The van der Waals surface area contributed by atoms with E-state index in [0.29, 0.717) is 19.6 Å². The maximum atomic E-state index is 12.2. The van der Waals surface area contributed by atoms with Crippen molar-refractivity contribution in [3.63, 3.8) is 0 Å². The minimum absolute atomic E-state index is 0.0634. The Labute approximate surface area is 152 Å². The third-order valence-corrected chi connectivity index (χ3v) is 4.30. The van der Waals surface area contributed by atoms with Crippen molar-refractivity contribution in [1.29, 1.82) is 0 Å². The fourth-order valence-electron chi connectivity index (χ4n) is 2.98. The molecule has 1 saturated heterocycles. The van der Waals surface area contributed by atoms with Crippen LogP contribution in [0, 0.1) is 0 Å². The lowest BCUT2D eigenvalue weighted by Crippen LogP contribution is -2.45. The minimum Gasteiger partial charge on any atom is -0.457 e. The van der Waals surface area contributed by atoms with Gasteiger partial charge in [-0.25, -0.2) is 0 Å². The molecule has 136 valence electrons. The van der Waals surface area contributed by atoms with Gasteiger partial charge in [0.25, 0.3) is 0 Å². The number of carbonyl (C=O) groups excluding carboxylic acids is 2. The fraction of sp³-hybridized carbons (Fsp3) is 0.300. The summed E-state index contributed by atoms with van der Waals surface area (Å²) < 4.78 is 11.2. The first kappa shape index (κ1) is 17.9. The number of benzene rings is 2. The maximum absolute atomic E-state index is 12.2. The van der Waals surface area contributed by atoms with Crippen molar-refractivity contribution >= 4 is 11.8 Å². The summed E-state index contributed by atoms with van der Waals surface area (Å²) >= 11 is 0. The first-order valence-electron chi connectivity index (χ1n) is 8.62. The number of amides is 2. The molecule has 1 unspecified atom stereocenters. The standard InChI is InChI=1S/C20H22N2O4/c21-20(24)18-7-4-12-22(18)19(23)14-25-13-15-8-10-17(11-9-15)26-16-5-2-1-3-6-16/h1-3,5-6,8-11,18H,4,7,12-14H2,(H2,21,24). The molecule has 6 heteroatoms. The second-order valence-corrected chi connectivity index (χ2v) is 6.20. The van der Waals surface area contributed by atoms with Crippen molar-refractivity contribution in [2.24, 2.45) is 5.73 Å². The second kappa shape index (κ2) is 8.49. The van der Waals surface area contributed by atoms with E-state index in [-0.39, 0.29) is 12.5 Å². The van der Waals surface area contributed by atoms with Crippen molar-refractivity contribution in [2.45, 2.75) is 25.5 Å². The summed E-state index contributed by atoms with van der Waals surface area (Å²) in [6.07, 6.45) is 1.42. The van der Waals surface area contributed by atoms with E-state index < -0.39 is 11.9 Å². The maximum Gasteiger partial charge on any atom is 0.249 e. The molecule has 0 aliphatic carbocycles. The van der Waals surface area contributed by atoms with Gasteiger partial charge in [0.05, 0.1) is 6.61 Å². The zero-order valence-corrected chi connectivity index (χ0v) is 14.5. The van der Waals surface area contributed by atoms with Crippen LogP contribution in [0.2, 0.25) is 0 Å². The summed E-state index contributed by atoms with van der Waals surface area (Å²) in [4.78, 5) is 25.0. The molecular weight excluding hydrogens is 332 g/mol. The largest absolute Gasteiger partial charge is 0.457 e. The van der Waals surface area contributed by atoms with Crippen LogP contribution in [0.3, 0.4) is 0 Å². The highest BCUT2D eigenvalue weighted by Crippen LogP contribution is 2.21. The molecule has 0 saturated carbocycles. The van der Waals surface area contributed by atoms with E-state index in [1.54, 1.807) is 0 Å². The van der Waals surface area contributed by atoms with E-state index in [4.69, 9.17) is 15.2 Å². The van der Waals surface area contributed by atoms with Crippen LogP contribution in [0.5, 0.6) is 11.5 Å². The Morgan fingerprint density at radius 1 is 1.04 bits per heavy atom. The van der Waals surface area contributed by atoms with Gasteiger partial charge in [-0.1, -0.05) is 30.3 Å². The molecule has 6 nitrogen and oxygen atoms in total. The van der Waals surface area contributed by atoms with Crippen LogP contribution in [0.1, 0.15) is 18.4 Å². The highest BCUT2D eigenvalue weighted by Gasteiger charge is 2.32. The van der Waals surface area contributed by atoms with Crippen molar-refractivity contribution in [3.05, 3.63) is 60.2 Å². The van der Waals surface area contributed by atoms with Gasteiger partial charge in [0, 0.05) is 6.54 Å². The summed E-state index contributed by atoms with van der Waals surface area (Å²) in [6.45, 7) is 0.805. The molecule has 3 rings (SSSR count). The lowest BCUT2D eigenvalue weighted by Gasteiger charge is -2.22. The Balaban J connectivity index is 1.46. The molecule has 0 spiro atoms. The van der Waals surface area contributed by atoms with Gasteiger partial charge in [0.2, 0.25) is 11.8 Å². The third-order valence-electron chi connectivity index (χ3n) is 4.30. The van der Waals surface area contributed by atoms with Crippen molar-refractivity contribution in [1.82, 2.24) is 4.90 Å². The third kappa shape index (κ3) is 4.61. The molecule has 1 aliphatic heterocycles. The molecule has 0 radical (unpaired) electrons. The molecule has 2 N–H and O–H groups in total. The van der Waals surface area contributed by atoms with Gasteiger partial charge in [-0.05, 0) is 42.7 Å². The number of likely N-dealkylation sites (tertiary alicyclic amines) is 1. The first-order valence-corrected chi connectivity index (χ1v) is 8.62. The molecule has 0 bridgehead atoms. The van der Waals surface area contributed by atoms with Crippen LogP contribution >= 0.6 is 0 Å². The molecule has 26 heavy (non-hydrogen) atoms. The van der Waals surface area contributed by atoms with Crippen LogP contribution in [0.15, 0.2) is 54.6 Å². The Morgan fingerprint density at radius 3 is 2.42 bits per heavy atom. The van der Waals surface area contributed by atoms with Gasteiger partial charge in [0.15, 0.2) is 0 Å². The Morgan fingerprint density at radius 2 is 1.73 bits per heavy atom. The van der Waals surface area contributed by atoms with Gasteiger partial charge >= 0.3 is 0 Å². The molecule has 2 aromatic carbocycles. The number of hydrogen-bond donors (Lipinski definition) is 1. The van der Waals surface area contributed by atoms with Crippen LogP contribution in [-0.4, -0.2) is 35.9 Å². The molecule has 1 aliphatic rings. The zero-order valence-electron chi connectivity index (χ0n) is 14.5. The lowest BCUT2D eigenvalue weighted by atomic mass is 10.2. The van der Waals surface area contributed by atoms with Crippen LogP contribution in [0.25, 0.3) is 0 Å². The van der Waals surface area contributed by atoms with Gasteiger partial charge in [-0.2, -0.15) is 0 Å². The van der Waals surface area contributed by atoms with Crippen molar-refractivity contribution < 1.29 is 19.1 Å². The number of nitrogens with two attached hydrogens (primary N) is 1. The average Bonchev–Trinajstić information content (AvgIpc) is 3.14. The normalized spacial score (nSPS) is 16.5. The topological polar surface area (TPSA) is 81.9 Å². The Hall–Kier alpha value is -2.86. The van der Waals surface area contributed by atoms with E-state index in [2.05, 4.69) is 0 Å². The number of primary amides is 1. The lowest BCUT2D eigenvalue weighted by molar-refractivity contribution is -0.141. The van der Waals surface area contributed by atoms with Crippen LogP contribution < -0.4 is 10.5 Å². The van der Waals surface area contributed by atoms with Crippen molar-refractivity contribution in [2.75, 3.05) is 13.2 Å². The highest BCUT2D eigenvalue weighted by molar-refractivity contribution is 5.87. The monoisotopic (exact) mass is 354 g/mol. The van der Waals surface area contributed by atoms with Crippen LogP contribution in [0.4, 0.5) is 0 Å². The number of hydrogen-bond acceptors (Lipinski definition) is 4. The second-order valence-electron chi connectivity index (χ2n) is 6.20. The van der Waals surface area contributed by atoms with Crippen LogP contribution in [-0.2, 0) is 20.9 Å². The quantitative estimate of drug-likeness (QED) is 0.828. The van der Waals surface area contributed by atoms with Gasteiger partial charge in [-0.3, -0.25) is 9.59 Å². The van der Waals surface area contributed by atoms with E-state index in [0.717, 1.165) is 23.5 Å². The number of rotatable bonds is 7. The first-order chi connectivity index (χ1) is 12.6. The molecule has 2 aromatic rings. The summed E-state index contributed by atoms with van der Waals surface area (Å²) in [5.74, 6) is 0.856. The SMILES string of the molecule is NC(=O)C1CCCN1C(=O)COCc1ccc(Oc2ccccc2)cc1. The molecule has 0 aromatic heterocycles.